The monoisotopic (exact) mass is 599 g/mol. The number of benzene rings is 3. The number of carbonyl (C=O) groups excluding carboxylic acids is 2. The molecule has 0 aliphatic rings. The maximum Gasteiger partial charge on any atom is 0.264 e. The van der Waals surface area contributed by atoms with Crippen LogP contribution in [0, 0.1) is 12.8 Å². The van der Waals surface area contributed by atoms with Crippen LogP contribution in [0.1, 0.15) is 38.8 Å². The van der Waals surface area contributed by atoms with E-state index in [1.807, 2.05) is 52.0 Å². The van der Waals surface area contributed by atoms with E-state index in [4.69, 9.17) is 16.3 Å². The molecular weight excluding hydrogens is 562 g/mol. The Hall–Kier alpha value is -3.56. The predicted octanol–water partition coefficient (Wildman–Crippen LogP) is 5.43. The molecule has 1 unspecified atom stereocenters. The summed E-state index contributed by atoms with van der Waals surface area (Å²) in [5.41, 5.74) is 2.12. The van der Waals surface area contributed by atoms with Gasteiger partial charge in [-0.1, -0.05) is 55.3 Å². The highest BCUT2D eigenvalue weighted by molar-refractivity contribution is 7.92. The molecule has 0 aromatic heterocycles. The number of aryl methyl sites for hydroxylation is 1. The highest BCUT2D eigenvalue weighted by atomic mass is 35.5. The van der Waals surface area contributed by atoms with E-state index in [-0.39, 0.29) is 29.0 Å². The zero-order chi connectivity index (χ0) is 30.2. The van der Waals surface area contributed by atoms with Crippen LogP contribution in [-0.4, -0.2) is 50.9 Å². The number of carbonyl (C=O) groups is 2. The fourth-order valence-electron chi connectivity index (χ4n) is 4.18. The van der Waals surface area contributed by atoms with E-state index in [1.54, 1.807) is 31.2 Å². The number of nitrogens with one attached hydrogen (secondary N) is 1. The van der Waals surface area contributed by atoms with Crippen molar-refractivity contribution in [3.63, 3.8) is 0 Å². The molecule has 41 heavy (non-hydrogen) atoms. The summed E-state index contributed by atoms with van der Waals surface area (Å²) in [6.07, 6.45) is 0. The fourth-order valence-corrected chi connectivity index (χ4v) is 5.72. The van der Waals surface area contributed by atoms with E-state index >= 15 is 0 Å². The van der Waals surface area contributed by atoms with Gasteiger partial charge in [0.2, 0.25) is 11.8 Å². The molecule has 10 heteroatoms. The Morgan fingerprint density at radius 1 is 0.976 bits per heavy atom. The zero-order valence-electron chi connectivity index (χ0n) is 24.1. The molecule has 3 aromatic carbocycles. The Labute approximate surface area is 248 Å². The third-order valence-corrected chi connectivity index (χ3v) is 8.44. The molecule has 2 amide bonds. The molecule has 0 aliphatic heterocycles. The molecule has 8 nitrogen and oxygen atoms in total. The van der Waals surface area contributed by atoms with E-state index < -0.39 is 28.5 Å². The van der Waals surface area contributed by atoms with Gasteiger partial charge in [0.1, 0.15) is 18.3 Å². The molecule has 1 N–H and O–H groups in total. The second kappa shape index (κ2) is 14.4. The van der Waals surface area contributed by atoms with Crippen molar-refractivity contribution >= 4 is 39.1 Å². The molecular formula is C31H38ClN3O5S. The second-order valence-corrected chi connectivity index (χ2v) is 12.5. The largest absolute Gasteiger partial charge is 0.494 e. The van der Waals surface area contributed by atoms with Crippen LogP contribution in [0.25, 0.3) is 0 Å². The molecule has 1 atom stereocenters. The van der Waals surface area contributed by atoms with Crippen molar-refractivity contribution in [1.82, 2.24) is 10.2 Å². The number of ether oxygens (including phenoxy) is 1. The van der Waals surface area contributed by atoms with Gasteiger partial charge in [0.05, 0.1) is 17.2 Å². The Kier molecular flexibility index (Phi) is 11.2. The van der Waals surface area contributed by atoms with Gasteiger partial charge in [0.15, 0.2) is 0 Å². The lowest BCUT2D eigenvalue weighted by Crippen LogP contribution is -2.51. The molecule has 0 aliphatic carbocycles. The van der Waals surface area contributed by atoms with Gasteiger partial charge < -0.3 is 15.0 Å². The van der Waals surface area contributed by atoms with E-state index in [0.717, 1.165) is 15.4 Å². The summed E-state index contributed by atoms with van der Waals surface area (Å²) in [7, 11) is -4.19. The molecule has 0 heterocycles. The average Bonchev–Trinajstić information content (AvgIpc) is 2.93. The number of anilines is 1. The van der Waals surface area contributed by atoms with Crippen molar-refractivity contribution in [2.75, 3.05) is 24.0 Å². The first kappa shape index (κ1) is 32.0. The highest BCUT2D eigenvalue weighted by Gasteiger charge is 2.32. The minimum absolute atomic E-state index is 0.0171. The van der Waals surface area contributed by atoms with Gasteiger partial charge in [-0.15, -0.1) is 0 Å². The smallest absolute Gasteiger partial charge is 0.264 e. The van der Waals surface area contributed by atoms with Crippen molar-refractivity contribution in [1.29, 1.82) is 0 Å². The third-order valence-electron chi connectivity index (χ3n) is 6.40. The topological polar surface area (TPSA) is 96.0 Å². The molecule has 0 bridgehead atoms. The Balaban J connectivity index is 2.02. The van der Waals surface area contributed by atoms with Crippen LogP contribution in [-0.2, 0) is 26.2 Å². The van der Waals surface area contributed by atoms with Crippen molar-refractivity contribution < 1.29 is 22.7 Å². The van der Waals surface area contributed by atoms with Gasteiger partial charge in [0, 0.05) is 18.1 Å². The van der Waals surface area contributed by atoms with Crippen LogP contribution in [0.4, 0.5) is 5.69 Å². The van der Waals surface area contributed by atoms with Crippen LogP contribution >= 0.6 is 11.6 Å². The third kappa shape index (κ3) is 8.71. The first-order valence-electron chi connectivity index (χ1n) is 13.6. The van der Waals surface area contributed by atoms with Crippen LogP contribution < -0.4 is 14.4 Å². The minimum atomic E-state index is -4.19. The van der Waals surface area contributed by atoms with Gasteiger partial charge in [-0.2, -0.15) is 0 Å². The van der Waals surface area contributed by atoms with Crippen molar-refractivity contribution in [2.24, 2.45) is 5.92 Å². The van der Waals surface area contributed by atoms with Crippen LogP contribution in [0.15, 0.2) is 77.7 Å². The number of hydrogen-bond acceptors (Lipinski definition) is 5. The van der Waals surface area contributed by atoms with Gasteiger partial charge in [-0.25, -0.2) is 8.42 Å². The van der Waals surface area contributed by atoms with Crippen LogP contribution in [0.5, 0.6) is 5.75 Å². The van der Waals surface area contributed by atoms with Crippen LogP contribution in [0.2, 0.25) is 5.02 Å². The lowest BCUT2D eigenvalue weighted by molar-refractivity contribution is -0.139. The van der Waals surface area contributed by atoms with E-state index in [1.165, 1.54) is 29.2 Å². The summed E-state index contributed by atoms with van der Waals surface area (Å²) in [6, 6.07) is 19.1. The summed E-state index contributed by atoms with van der Waals surface area (Å²) in [6.45, 7) is 9.94. The fraction of sp³-hybridized carbons (Fsp3) is 0.355. The van der Waals surface area contributed by atoms with Gasteiger partial charge in [0.25, 0.3) is 10.0 Å². The summed E-state index contributed by atoms with van der Waals surface area (Å²) in [5, 5.41) is 3.28. The van der Waals surface area contributed by atoms with Gasteiger partial charge >= 0.3 is 0 Å². The summed E-state index contributed by atoms with van der Waals surface area (Å²) >= 11 is 6.01. The van der Waals surface area contributed by atoms with Crippen molar-refractivity contribution in [2.45, 2.75) is 52.1 Å². The van der Waals surface area contributed by atoms with Crippen LogP contribution in [0.3, 0.4) is 0 Å². The quantitative estimate of drug-likeness (QED) is 0.283. The standard InChI is InChI=1S/C31H38ClN3O5S/c1-6-40-28-14-12-27(13-15-28)35(41(38,39)29-16-10-26(32)11-17-29)21-30(36)34(20-25-9-7-8-23(4)18-25)24(5)31(37)33-19-22(2)3/h7-18,22,24H,6,19-21H2,1-5H3,(H,33,37). The van der Waals surface area contributed by atoms with E-state index in [2.05, 4.69) is 5.32 Å². The second-order valence-electron chi connectivity index (χ2n) is 10.2. The van der Waals surface area contributed by atoms with Gasteiger partial charge in [-0.05, 0) is 80.8 Å². The number of rotatable bonds is 13. The molecule has 0 saturated heterocycles. The molecule has 220 valence electrons. The van der Waals surface area contributed by atoms with Crippen molar-refractivity contribution in [3.8, 4) is 5.75 Å². The lowest BCUT2D eigenvalue weighted by Gasteiger charge is -2.32. The number of sulfonamides is 1. The molecule has 0 radical (unpaired) electrons. The number of amides is 2. The minimum Gasteiger partial charge on any atom is -0.494 e. The summed E-state index contributed by atoms with van der Waals surface area (Å²) in [5.74, 6) is -0.0345. The first-order chi connectivity index (χ1) is 19.4. The molecule has 0 fully saturated rings. The molecule has 0 saturated carbocycles. The maximum atomic E-state index is 14.0. The lowest BCUT2D eigenvalue weighted by atomic mass is 10.1. The Morgan fingerprint density at radius 2 is 1.63 bits per heavy atom. The number of hydrogen-bond donors (Lipinski definition) is 1. The molecule has 3 aromatic rings. The van der Waals surface area contributed by atoms with Crippen molar-refractivity contribution in [3.05, 3.63) is 88.9 Å². The van der Waals surface area contributed by atoms with E-state index in [9.17, 15) is 18.0 Å². The SMILES string of the molecule is CCOc1ccc(N(CC(=O)N(Cc2cccc(C)c2)C(C)C(=O)NCC(C)C)S(=O)(=O)c2ccc(Cl)cc2)cc1. The summed E-state index contributed by atoms with van der Waals surface area (Å²) in [4.78, 5) is 28.5. The number of nitrogens with zero attached hydrogens (tertiary/aromatic N) is 2. The molecule has 3 rings (SSSR count). The molecule has 0 spiro atoms. The average molecular weight is 600 g/mol. The van der Waals surface area contributed by atoms with E-state index in [0.29, 0.717) is 23.9 Å². The Morgan fingerprint density at radius 3 is 2.22 bits per heavy atom. The van der Waals surface area contributed by atoms with Gasteiger partial charge in [-0.3, -0.25) is 13.9 Å². The predicted molar refractivity (Wildman–Crippen MR) is 163 cm³/mol. The first-order valence-corrected chi connectivity index (χ1v) is 15.4. The Bertz CT molecular complexity index is 1430. The normalized spacial score (nSPS) is 12.1. The number of halogens is 1. The zero-order valence-corrected chi connectivity index (χ0v) is 25.7. The summed E-state index contributed by atoms with van der Waals surface area (Å²) < 4.78 is 34.4. The maximum absolute atomic E-state index is 14.0. The highest BCUT2D eigenvalue weighted by Crippen LogP contribution is 2.27.